The Morgan fingerprint density at radius 2 is 1.62 bits per heavy atom. The van der Waals surface area contributed by atoms with Crippen LogP contribution in [0.15, 0.2) is 41.5 Å². The lowest BCUT2D eigenvalue weighted by Crippen LogP contribution is -2.78. The molecule has 8 heteroatoms. The van der Waals surface area contributed by atoms with E-state index in [1.54, 1.807) is 24.3 Å². The maximum absolute atomic E-state index is 13.9. The van der Waals surface area contributed by atoms with E-state index in [4.69, 9.17) is 14.2 Å². The highest BCUT2D eigenvalue weighted by Crippen LogP contribution is 2.69. The van der Waals surface area contributed by atoms with Gasteiger partial charge in [0, 0.05) is 30.6 Å². The first-order valence-corrected chi connectivity index (χ1v) is 15.3. The Hall–Kier alpha value is -2.71. The number of rotatable bonds is 4. The molecule has 0 aliphatic heterocycles. The van der Waals surface area contributed by atoms with Crippen LogP contribution in [-0.4, -0.2) is 57.6 Å². The van der Waals surface area contributed by atoms with Crippen molar-refractivity contribution in [2.45, 2.75) is 111 Å². The molecule has 3 saturated carbocycles. The first-order valence-electron chi connectivity index (χ1n) is 15.3. The fourth-order valence-electron chi connectivity index (χ4n) is 9.30. The zero-order valence-electron chi connectivity index (χ0n) is 26.1. The second kappa shape index (κ2) is 10.2. The number of carbonyl (C=O) groups is 3. The van der Waals surface area contributed by atoms with Gasteiger partial charge in [-0.25, -0.2) is 4.79 Å². The van der Waals surface area contributed by atoms with Crippen molar-refractivity contribution in [3.05, 3.63) is 47.0 Å². The monoisotopic (exact) mass is 582 g/mol. The molecule has 0 unspecified atom stereocenters. The molecule has 3 fully saturated rings. The molecule has 1 aromatic carbocycles. The molecule has 230 valence electrons. The van der Waals surface area contributed by atoms with Gasteiger partial charge in [0.25, 0.3) is 0 Å². The number of esters is 3. The van der Waals surface area contributed by atoms with Gasteiger partial charge >= 0.3 is 17.9 Å². The van der Waals surface area contributed by atoms with Crippen molar-refractivity contribution in [1.82, 2.24) is 0 Å². The van der Waals surface area contributed by atoms with E-state index < -0.39 is 64.2 Å². The molecule has 5 rings (SSSR count). The second-order valence-electron chi connectivity index (χ2n) is 14.2. The van der Waals surface area contributed by atoms with Crippen LogP contribution < -0.4 is 0 Å². The summed E-state index contributed by atoms with van der Waals surface area (Å²) in [5, 5.41) is 25.7. The summed E-state index contributed by atoms with van der Waals surface area (Å²) in [6, 6.07) is 8.65. The Morgan fingerprint density at radius 1 is 0.976 bits per heavy atom. The van der Waals surface area contributed by atoms with Crippen LogP contribution in [0.5, 0.6) is 0 Å². The summed E-state index contributed by atoms with van der Waals surface area (Å²) in [7, 11) is 0. The largest absolute Gasteiger partial charge is 0.458 e. The number of aliphatic hydroxyl groups excluding tert-OH is 1. The van der Waals surface area contributed by atoms with Gasteiger partial charge in [0.2, 0.25) is 0 Å². The first kappa shape index (κ1) is 30.7. The minimum atomic E-state index is -1.65. The fourth-order valence-corrected chi connectivity index (χ4v) is 9.30. The lowest BCUT2D eigenvalue weighted by molar-refractivity contribution is -0.313. The predicted octanol–water partition coefficient (Wildman–Crippen LogP) is 5.01. The molecule has 4 aliphatic carbocycles. The molecule has 0 radical (unpaired) electrons. The third-order valence-electron chi connectivity index (χ3n) is 11.9. The number of allylic oxidation sites excluding steroid dienone is 1. The normalized spacial score (nSPS) is 42.1. The van der Waals surface area contributed by atoms with Gasteiger partial charge < -0.3 is 24.4 Å². The van der Waals surface area contributed by atoms with Crippen LogP contribution >= 0.6 is 0 Å². The number of benzene rings is 1. The van der Waals surface area contributed by atoms with E-state index in [0.29, 0.717) is 24.0 Å². The van der Waals surface area contributed by atoms with Crippen LogP contribution in [-0.2, 0) is 23.8 Å². The highest BCUT2D eigenvalue weighted by atomic mass is 16.6. The third kappa shape index (κ3) is 4.19. The lowest BCUT2D eigenvalue weighted by atomic mass is 9.39. The molecule has 1 aromatic rings. The Morgan fingerprint density at radius 3 is 2.17 bits per heavy atom. The second-order valence-corrected chi connectivity index (χ2v) is 14.2. The molecule has 42 heavy (non-hydrogen) atoms. The van der Waals surface area contributed by atoms with Gasteiger partial charge in [-0.1, -0.05) is 58.4 Å². The molecule has 2 bridgehead atoms. The van der Waals surface area contributed by atoms with E-state index in [1.165, 1.54) is 13.8 Å². The molecular weight excluding hydrogens is 536 g/mol. The summed E-state index contributed by atoms with van der Waals surface area (Å²) in [5.74, 6) is -2.72. The number of carbonyl (C=O) groups excluding carboxylic acids is 3. The summed E-state index contributed by atoms with van der Waals surface area (Å²) in [6.45, 7) is 14.4. The van der Waals surface area contributed by atoms with Crippen molar-refractivity contribution < 1.29 is 38.8 Å². The van der Waals surface area contributed by atoms with Crippen LogP contribution in [0.1, 0.15) is 91.4 Å². The highest BCUT2D eigenvalue weighted by molar-refractivity contribution is 5.89. The molecule has 0 aromatic heterocycles. The van der Waals surface area contributed by atoms with Crippen molar-refractivity contribution in [1.29, 1.82) is 0 Å². The average Bonchev–Trinajstić information content (AvgIpc) is 2.90. The van der Waals surface area contributed by atoms with Gasteiger partial charge in [0.1, 0.15) is 23.4 Å². The van der Waals surface area contributed by atoms with Crippen molar-refractivity contribution in [2.75, 3.05) is 0 Å². The van der Waals surface area contributed by atoms with Crippen LogP contribution in [0.4, 0.5) is 0 Å². The van der Waals surface area contributed by atoms with E-state index in [2.05, 4.69) is 0 Å². The topological polar surface area (TPSA) is 119 Å². The molecule has 0 spiro atoms. The minimum absolute atomic E-state index is 0.0318. The van der Waals surface area contributed by atoms with E-state index in [9.17, 15) is 24.6 Å². The van der Waals surface area contributed by atoms with E-state index in [1.807, 2.05) is 47.6 Å². The van der Waals surface area contributed by atoms with Crippen LogP contribution in [0.2, 0.25) is 0 Å². The fraction of sp³-hybridized carbons (Fsp3) is 0.676. The maximum Gasteiger partial charge on any atom is 0.338 e. The summed E-state index contributed by atoms with van der Waals surface area (Å²) >= 11 is 0. The van der Waals surface area contributed by atoms with E-state index in [0.717, 1.165) is 12.0 Å². The quantitative estimate of drug-likeness (QED) is 0.289. The molecule has 0 heterocycles. The van der Waals surface area contributed by atoms with Crippen molar-refractivity contribution in [3.8, 4) is 0 Å². The number of ether oxygens (including phenoxy) is 3. The summed E-state index contributed by atoms with van der Waals surface area (Å²) in [5.41, 5.74) is -2.97. The molecule has 2 N–H and O–H groups in total. The predicted molar refractivity (Wildman–Crippen MR) is 155 cm³/mol. The SMILES string of the molecule is CC(=O)O[C@H]1C2=C(C)[C@@H](C)C[C@@](O)([C@@H](OC(=O)c3ccccc3)[C@@H]3[C@]4(OC(C)=O)CC[C@@H]4C[C@H](C)[C@@]3(C)[C@H]1O)C2(C)C. The zero-order chi connectivity index (χ0) is 31.0. The highest BCUT2D eigenvalue weighted by Gasteiger charge is 2.76. The molecule has 10 atom stereocenters. The smallest absolute Gasteiger partial charge is 0.338 e. The zero-order valence-corrected chi connectivity index (χ0v) is 26.1. The summed E-state index contributed by atoms with van der Waals surface area (Å²) in [6.07, 6.45) is -1.15. The number of hydrogen-bond donors (Lipinski definition) is 2. The lowest BCUT2D eigenvalue weighted by Gasteiger charge is -2.70. The Balaban J connectivity index is 1.83. The molecule has 0 saturated heterocycles. The van der Waals surface area contributed by atoms with Crippen LogP contribution in [0.3, 0.4) is 0 Å². The van der Waals surface area contributed by atoms with Crippen molar-refractivity contribution >= 4 is 17.9 Å². The van der Waals surface area contributed by atoms with Crippen LogP contribution in [0.25, 0.3) is 0 Å². The minimum Gasteiger partial charge on any atom is -0.458 e. The summed E-state index contributed by atoms with van der Waals surface area (Å²) in [4.78, 5) is 39.2. The molecular formula is C34H46O8. The van der Waals surface area contributed by atoms with Crippen LogP contribution in [0, 0.1) is 34.5 Å². The van der Waals surface area contributed by atoms with Gasteiger partial charge in [-0.15, -0.1) is 0 Å². The third-order valence-corrected chi connectivity index (χ3v) is 11.9. The summed E-state index contributed by atoms with van der Waals surface area (Å²) < 4.78 is 18.8. The molecule has 0 amide bonds. The van der Waals surface area contributed by atoms with Crippen molar-refractivity contribution in [3.63, 3.8) is 0 Å². The molecule has 4 aliphatic rings. The molecule has 8 nitrogen and oxygen atoms in total. The Labute approximate surface area is 248 Å². The van der Waals surface area contributed by atoms with Gasteiger partial charge in [-0.05, 0) is 68.1 Å². The van der Waals surface area contributed by atoms with Gasteiger partial charge in [-0.3, -0.25) is 9.59 Å². The van der Waals surface area contributed by atoms with Crippen molar-refractivity contribution in [2.24, 2.45) is 34.5 Å². The average molecular weight is 583 g/mol. The van der Waals surface area contributed by atoms with E-state index in [-0.39, 0.29) is 24.2 Å². The Kier molecular flexibility index (Phi) is 7.46. The number of hydrogen-bond acceptors (Lipinski definition) is 8. The Bertz CT molecular complexity index is 1300. The van der Waals surface area contributed by atoms with Gasteiger partial charge in [0.15, 0.2) is 6.10 Å². The number of aliphatic hydroxyl groups is 2. The van der Waals surface area contributed by atoms with E-state index >= 15 is 0 Å². The van der Waals surface area contributed by atoms with Gasteiger partial charge in [0.05, 0.1) is 5.56 Å². The number of fused-ring (bicyclic) bond motifs is 5. The maximum atomic E-state index is 13.9. The standard InChI is InChI=1S/C34H46O8/c1-18-17-34(39)29(41-30(38)23-12-10-9-11-13-23)27-32(8,19(2)16-24-14-15-33(24,27)42-22(5)36)28(37)26(40-21(4)35)25(20(18)3)31(34,6)7/h9-13,18-19,24,26-29,37,39H,14-17H2,1-8H3/t18-,19-,24+,26-,27-,28-,29-,32+,33-,34+/m0/s1. The van der Waals surface area contributed by atoms with Gasteiger partial charge in [-0.2, -0.15) is 0 Å². The first-order chi connectivity index (χ1) is 19.5.